The molecule has 0 unspecified atom stereocenters. The molecule has 4 aromatic rings. The van der Waals surface area contributed by atoms with Crippen molar-refractivity contribution in [3.05, 3.63) is 72.9 Å². The molecule has 2 heterocycles. The van der Waals surface area contributed by atoms with E-state index in [1.165, 1.54) is 10.8 Å². The van der Waals surface area contributed by atoms with Crippen molar-refractivity contribution >= 4 is 27.6 Å². The van der Waals surface area contributed by atoms with Gasteiger partial charge in [0.15, 0.2) is 0 Å². The maximum atomic E-state index is 5.54. The summed E-state index contributed by atoms with van der Waals surface area (Å²) < 4.78 is 0. The number of aromatic amines is 1. The molecule has 4 rings (SSSR count). The number of nitrogens with zero attached hydrogens (tertiary/aromatic N) is 1. The molecule has 0 amide bonds. The molecule has 0 saturated heterocycles. The number of pyridine rings is 1. The zero-order chi connectivity index (χ0) is 13.8. The quantitative estimate of drug-likeness (QED) is 0.503. The van der Waals surface area contributed by atoms with Crippen molar-refractivity contribution in [2.24, 2.45) is 0 Å². The van der Waals surface area contributed by atoms with E-state index >= 15 is 0 Å². The first-order valence-electron chi connectivity index (χ1n) is 6.46. The van der Waals surface area contributed by atoms with E-state index in [-0.39, 0.29) is 0 Å². The van der Waals surface area contributed by atoms with Crippen LogP contribution in [0.5, 0.6) is 0 Å². The van der Waals surface area contributed by atoms with Crippen molar-refractivity contribution in [2.45, 2.75) is 0 Å². The summed E-state index contributed by atoms with van der Waals surface area (Å²) >= 11 is 0. The van der Waals surface area contributed by atoms with Gasteiger partial charge >= 0.3 is 0 Å². The Morgan fingerprint density at radius 3 is 2.30 bits per heavy atom. The van der Waals surface area contributed by atoms with E-state index < -0.39 is 0 Å². The molecule has 0 aliphatic carbocycles. The highest BCUT2D eigenvalue weighted by molar-refractivity contribution is 5.83. The van der Waals surface area contributed by atoms with Crippen LogP contribution < -0.4 is 5.73 Å². The van der Waals surface area contributed by atoms with Gasteiger partial charge in [-0.15, -0.1) is 0 Å². The Kier molecular flexibility index (Phi) is 3.33. The summed E-state index contributed by atoms with van der Waals surface area (Å²) in [4.78, 5) is 7.22. The molecule has 2 aromatic heterocycles. The van der Waals surface area contributed by atoms with Gasteiger partial charge in [-0.1, -0.05) is 42.5 Å². The Morgan fingerprint density at radius 2 is 1.50 bits per heavy atom. The van der Waals surface area contributed by atoms with Crippen LogP contribution in [0.4, 0.5) is 5.82 Å². The smallest absolute Gasteiger partial charge is 0.101 e. The van der Waals surface area contributed by atoms with Crippen LogP contribution in [0.15, 0.2) is 72.9 Å². The van der Waals surface area contributed by atoms with E-state index in [4.69, 9.17) is 5.73 Å². The second-order valence-corrected chi connectivity index (χ2v) is 4.51. The second kappa shape index (κ2) is 5.45. The van der Waals surface area contributed by atoms with Crippen LogP contribution in [0.25, 0.3) is 21.8 Å². The van der Waals surface area contributed by atoms with E-state index in [9.17, 15) is 0 Å². The van der Waals surface area contributed by atoms with E-state index in [1.54, 1.807) is 0 Å². The number of rotatable bonds is 0. The molecule has 0 fully saturated rings. The van der Waals surface area contributed by atoms with Gasteiger partial charge in [-0.2, -0.15) is 0 Å². The Hall–Kier alpha value is -2.81. The molecule has 0 radical (unpaired) electrons. The molecule has 98 valence electrons. The van der Waals surface area contributed by atoms with Gasteiger partial charge in [0.05, 0.1) is 5.52 Å². The molecule has 3 N–H and O–H groups in total. The lowest BCUT2D eigenvalue weighted by atomic mass is 10.2. The van der Waals surface area contributed by atoms with Gasteiger partial charge < -0.3 is 10.7 Å². The molecule has 0 saturated carbocycles. The van der Waals surface area contributed by atoms with Crippen molar-refractivity contribution in [1.29, 1.82) is 0 Å². The number of hydrogen-bond acceptors (Lipinski definition) is 2. The molecule has 20 heavy (non-hydrogen) atoms. The SMILES string of the molecule is Nc1cc2ccccc2[nH]1.c1ccc2ncccc2c1. The Bertz CT molecular complexity index is 735. The number of nitrogens with one attached hydrogen (secondary N) is 1. The highest BCUT2D eigenvalue weighted by atomic mass is 14.8. The third-order valence-corrected chi connectivity index (χ3v) is 3.06. The van der Waals surface area contributed by atoms with Gasteiger partial charge in [0.1, 0.15) is 5.82 Å². The fourth-order valence-electron chi connectivity index (χ4n) is 2.11. The van der Waals surface area contributed by atoms with Gasteiger partial charge in [0, 0.05) is 22.5 Å². The Labute approximate surface area is 117 Å². The maximum absolute atomic E-state index is 5.54. The molecule has 0 spiro atoms. The van der Waals surface area contributed by atoms with Crippen molar-refractivity contribution in [3.63, 3.8) is 0 Å². The van der Waals surface area contributed by atoms with Gasteiger partial charge in [-0.25, -0.2) is 0 Å². The number of benzene rings is 2. The molecule has 3 heteroatoms. The predicted molar refractivity (Wildman–Crippen MR) is 84.5 cm³/mol. The first kappa shape index (κ1) is 12.2. The minimum Gasteiger partial charge on any atom is -0.385 e. The molecule has 0 aliphatic heterocycles. The lowest BCUT2D eigenvalue weighted by Crippen LogP contribution is -1.80. The standard InChI is InChI=1S/C9H7N.C8H8N2/c1-2-6-9-8(4-1)5-3-7-10-9;9-8-5-6-3-1-2-4-7(6)10-8/h1-7H;1-5,10H,9H2. The number of H-pyrrole nitrogens is 1. The molecule has 0 atom stereocenters. The number of anilines is 1. The average molecular weight is 261 g/mol. The number of fused-ring (bicyclic) bond motifs is 2. The molecule has 0 aliphatic rings. The summed E-state index contributed by atoms with van der Waals surface area (Å²) in [6, 6.07) is 22.0. The number of nitrogens with two attached hydrogens (primary N) is 1. The zero-order valence-corrected chi connectivity index (χ0v) is 11.0. The third-order valence-electron chi connectivity index (χ3n) is 3.06. The van der Waals surface area contributed by atoms with Gasteiger partial charge in [-0.3, -0.25) is 4.98 Å². The van der Waals surface area contributed by atoms with Gasteiger partial charge in [0.25, 0.3) is 0 Å². The third kappa shape index (κ3) is 2.62. The molecular formula is C17H15N3. The summed E-state index contributed by atoms with van der Waals surface area (Å²) in [5.74, 6) is 0.723. The molecule has 3 nitrogen and oxygen atoms in total. The maximum Gasteiger partial charge on any atom is 0.101 e. The first-order chi connectivity index (χ1) is 9.83. The highest BCUT2D eigenvalue weighted by Gasteiger charge is 1.92. The normalized spacial score (nSPS) is 10.2. The van der Waals surface area contributed by atoms with E-state index in [0.29, 0.717) is 0 Å². The largest absolute Gasteiger partial charge is 0.385 e. The van der Waals surface area contributed by atoms with E-state index in [1.807, 2.05) is 60.8 Å². The number of hydrogen-bond donors (Lipinski definition) is 2. The van der Waals surface area contributed by atoms with Crippen molar-refractivity contribution in [2.75, 3.05) is 5.73 Å². The van der Waals surface area contributed by atoms with Gasteiger partial charge in [0.2, 0.25) is 0 Å². The van der Waals surface area contributed by atoms with Crippen LogP contribution in [-0.4, -0.2) is 9.97 Å². The fraction of sp³-hybridized carbons (Fsp3) is 0. The average Bonchev–Trinajstić information content (AvgIpc) is 2.88. The zero-order valence-electron chi connectivity index (χ0n) is 11.0. The first-order valence-corrected chi connectivity index (χ1v) is 6.46. The number of para-hydroxylation sites is 2. The summed E-state index contributed by atoms with van der Waals surface area (Å²) in [5, 5.41) is 2.37. The van der Waals surface area contributed by atoms with Crippen LogP contribution in [-0.2, 0) is 0 Å². The number of aromatic nitrogens is 2. The van der Waals surface area contributed by atoms with E-state index in [0.717, 1.165) is 16.9 Å². The summed E-state index contributed by atoms with van der Waals surface area (Å²) in [6.07, 6.45) is 1.81. The van der Waals surface area contributed by atoms with Crippen LogP contribution >= 0.6 is 0 Å². The summed E-state index contributed by atoms with van der Waals surface area (Å²) in [5.41, 5.74) is 7.69. The van der Waals surface area contributed by atoms with Crippen LogP contribution in [0, 0.1) is 0 Å². The Morgan fingerprint density at radius 1 is 0.800 bits per heavy atom. The fourth-order valence-corrected chi connectivity index (χ4v) is 2.11. The van der Waals surface area contributed by atoms with Gasteiger partial charge in [-0.05, 0) is 24.3 Å². The minimum atomic E-state index is 0.723. The van der Waals surface area contributed by atoms with Crippen LogP contribution in [0.2, 0.25) is 0 Å². The molecular weight excluding hydrogens is 246 g/mol. The minimum absolute atomic E-state index is 0.723. The topological polar surface area (TPSA) is 54.7 Å². The predicted octanol–water partition coefficient (Wildman–Crippen LogP) is 3.98. The summed E-state index contributed by atoms with van der Waals surface area (Å²) in [6.45, 7) is 0. The van der Waals surface area contributed by atoms with Crippen molar-refractivity contribution < 1.29 is 0 Å². The van der Waals surface area contributed by atoms with Crippen molar-refractivity contribution in [1.82, 2.24) is 9.97 Å². The molecule has 0 bridgehead atoms. The number of nitrogen functional groups attached to an aromatic ring is 1. The van der Waals surface area contributed by atoms with E-state index in [2.05, 4.69) is 22.1 Å². The second-order valence-electron chi connectivity index (χ2n) is 4.51. The van der Waals surface area contributed by atoms with Crippen molar-refractivity contribution in [3.8, 4) is 0 Å². The lowest BCUT2D eigenvalue weighted by molar-refractivity contribution is 1.41. The molecule has 2 aromatic carbocycles. The Balaban J connectivity index is 0.000000121. The monoisotopic (exact) mass is 261 g/mol. The van der Waals surface area contributed by atoms with Crippen LogP contribution in [0.3, 0.4) is 0 Å². The highest BCUT2D eigenvalue weighted by Crippen LogP contribution is 2.14. The lowest BCUT2D eigenvalue weighted by Gasteiger charge is -1.91. The van der Waals surface area contributed by atoms with Crippen LogP contribution in [0.1, 0.15) is 0 Å². The summed E-state index contributed by atoms with van der Waals surface area (Å²) in [7, 11) is 0.